The number of amides is 2. The molecule has 1 aromatic carbocycles. The molecule has 6 nitrogen and oxygen atoms in total. The Morgan fingerprint density at radius 2 is 2.20 bits per heavy atom. The normalized spacial score (nSPS) is 15.9. The minimum Gasteiger partial charge on any atom is -0.493 e. The number of thioether (sulfide) groups is 1. The Hall–Kier alpha value is -2.46. The summed E-state index contributed by atoms with van der Waals surface area (Å²) in [6, 6.07) is 6.88. The van der Waals surface area contributed by atoms with Crippen molar-refractivity contribution >= 4 is 29.0 Å². The van der Waals surface area contributed by atoms with Crippen LogP contribution in [0.15, 0.2) is 23.1 Å². The number of benzene rings is 1. The number of nitrogens with one attached hydrogen (secondary N) is 1. The quantitative estimate of drug-likeness (QED) is 0.852. The van der Waals surface area contributed by atoms with E-state index in [0.29, 0.717) is 22.0 Å². The molecule has 0 aliphatic carbocycles. The smallest absolute Gasteiger partial charge is 0.290 e. The van der Waals surface area contributed by atoms with Crippen LogP contribution >= 0.6 is 11.8 Å². The van der Waals surface area contributed by atoms with Gasteiger partial charge in [0, 0.05) is 0 Å². The van der Waals surface area contributed by atoms with E-state index in [9.17, 15) is 9.59 Å². The molecule has 7 heteroatoms. The van der Waals surface area contributed by atoms with Gasteiger partial charge in [-0.05, 0) is 35.5 Å². The highest BCUT2D eigenvalue weighted by molar-refractivity contribution is 8.18. The van der Waals surface area contributed by atoms with Crippen molar-refractivity contribution in [2.75, 3.05) is 13.7 Å². The van der Waals surface area contributed by atoms with Gasteiger partial charge in [0.15, 0.2) is 18.1 Å². The second kappa shape index (κ2) is 6.12. The Labute approximate surface area is 119 Å². The first-order valence-electron chi connectivity index (χ1n) is 5.56. The number of hydrogen-bond donors (Lipinski definition) is 1. The molecule has 0 bridgehead atoms. The van der Waals surface area contributed by atoms with Crippen LogP contribution < -0.4 is 14.8 Å². The Bertz CT molecular complexity index is 634. The summed E-state index contributed by atoms with van der Waals surface area (Å²) in [6.45, 7) is -0.0798. The third-order valence-corrected chi connectivity index (χ3v) is 3.23. The SMILES string of the molecule is COc1cc(C=C2SC(=O)NC2=O)ccc1OCC#N. The summed E-state index contributed by atoms with van der Waals surface area (Å²) in [5.41, 5.74) is 0.693. The predicted molar refractivity (Wildman–Crippen MR) is 73.2 cm³/mol. The fraction of sp³-hybridized carbons (Fsp3) is 0.154. The molecule has 102 valence electrons. The van der Waals surface area contributed by atoms with Crippen molar-refractivity contribution in [2.45, 2.75) is 0 Å². The molecule has 1 saturated heterocycles. The number of hydrogen-bond acceptors (Lipinski definition) is 6. The van der Waals surface area contributed by atoms with Gasteiger partial charge in [0.25, 0.3) is 11.1 Å². The minimum absolute atomic E-state index is 0.0798. The summed E-state index contributed by atoms with van der Waals surface area (Å²) < 4.78 is 10.4. The average Bonchev–Trinajstić information content (AvgIpc) is 2.75. The van der Waals surface area contributed by atoms with E-state index in [-0.39, 0.29) is 11.8 Å². The van der Waals surface area contributed by atoms with E-state index in [0.717, 1.165) is 11.8 Å². The topological polar surface area (TPSA) is 88.4 Å². The van der Waals surface area contributed by atoms with E-state index in [1.807, 2.05) is 6.07 Å². The first-order valence-corrected chi connectivity index (χ1v) is 6.38. The van der Waals surface area contributed by atoms with Crippen molar-refractivity contribution in [3.05, 3.63) is 28.7 Å². The molecule has 1 heterocycles. The van der Waals surface area contributed by atoms with Crippen LogP contribution in [0.2, 0.25) is 0 Å². The van der Waals surface area contributed by atoms with Crippen molar-refractivity contribution in [2.24, 2.45) is 0 Å². The lowest BCUT2D eigenvalue weighted by molar-refractivity contribution is -0.115. The Morgan fingerprint density at radius 1 is 1.40 bits per heavy atom. The summed E-state index contributed by atoms with van der Waals surface area (Å²) in [6.07, 6.45) is 1.58. The number of carbonyl (C=O) groups excluding carboxylic acids is 2. The molecule has 0 radical (unpaired) electrons. The van der Waals surface area contributed by atoms with Crippen molar-refractivity contribution in [3.63, 3.8) is 0 Å². The molecule has 0 unspecified atom stereocenters. The summed E-state index contributed by atoms with van der Waals surface area (Å²) in [7, 11) is 1.48. The molecule has 0 aromatic heterocycles. The summed E-state index contributed by atoms with van der Waals surface area (Å²) in [4.78, 5) is 22.8. The van der Waals surface area contributed by atoms with Gasteiger partial charge in [-0.3, -0.25) is 14.9 Å². The van der Waals surface area contributed by atoms with Crippen LogP contribution in [0.4, 0.5) is 4.79 Å². The second-order valence-electron chi connectivity index (χ2n) is 3.71. The monoisotopic (exact) mass is 290 g/mol. The first-order chi connectivity index (χ1) is 9.63. The molecule has 2 rings (SSSR count). The Kier molecular flexibility index (Phi) is 4.27. The lowest BCUT2D eigenvalue weighted by Crippen LogP contribution is -2.17. The van der Waals surface area contributed by atoms with Gasteiger partial charge < -0.3 is 9.47 Å². The zero-order valence-electron chi connectivity index (χ0n) is 10.5. The molecule has 1 aliphatic heterocycles. The Morgan fingerprint density at radius 3 is 2.80 bits per heavy atom. The molecule has 1 aliphatic rings. The van der Waals surface area contributed by atoms with Crippen LogP contribution in [0.3, 0.4) is 0 Å². The first kappa shape index (κ1) is 14.0. The van der Waals surface area contributed by atoms with Crippen LogP contribution in [0, 0.1) is 11.3 Å². The maximum absolute atomic E-state index is 11.4. The maximum atomic E-state index is 11.4. The highest BCUT2D eigenvalue weighted by Gasteiger charge is 2.25. The highest BCUT2D eigenvalue weighted by Crippen LogP contribution is 2.31. The zero-order chi connectivity index (χ0) is 14.5. The largest absolute Gasteiger partial charge is 0.493 e. The fourth-order valence-corrected chi connectivity index (χ4v) is 2.26. The minimum atomic E-state index is -0.413. The van der Waals surface area contributed by atoms with E-state index in [1.165, 1.54) is 7.11 Å². The summed E-state index contributed by atoms with van der Waals surface area (Å²) in [5.74, 6) is 0.476. The number of carbonyl (C=O) groups is 2. The number of nitriles is 1. The highest BCUT2D eigenvalue weighted by atomic mass is 32.2. The van der Waals surface area contributed by atoms with E-state index >= 15 is 0 Å². The van der Waals surface area contributed by atoms with Crippen molar-refractivity contribution in [3.8, 4) is 17.6 Å². The van der Waals surface area contributed by atoms with E-state index < -0.39 is 5.91 Å². The summed E-state index contributed by atoms with van der Waals surface area (Å²) in [5, 5.41) is 10.3. The molecule has 20 heavy (non-hydrogen) atoms. The lowest BCUT2D eigenvalue weighted by atomic mass is 10.2. The standard InChI is InChI=1S/C13H10N2O4S/c1-18-10-6-8(2-3-9(10)19-5-4-14)7-11-12(16)15-13(17)20-11/h2-3,6-7H,5H2,1H3,(H,15,16,17). The van der Waals surface area contributed by atoms with Gasteiger partial charge >= 0.3 is 0 Å². The lowest BCUT2D eigenvalue weighted by Gasteiger charge is -2.08. The number of nitrogens with zero attached hydrogens (tertiary/aromatic N) is 1. The molecule has 0 atom stereocenters. The fourth-order valence-electron chi connectivity index (χ4n) is 1.58. The zero-order valence-corrected chi connectivity index (χ0v) is 11.3. The number of ether oxygens (including phenoxy) is 2. The van der Waals surface area contributed by atoms with Crippen LogP contribution in [0.1, 0.15) is 5.56 Å². The molecular weight excluding hydrogens is 280 g/mol. The van der Waals surface area contributed by atoms with E-state index in [4.69, 9.17) is 14.7 Å². The summed E-state index contributed by atoms with van der Waals surface area (Å²) >= 11 is 0.846. The van der Waals surface area contributed by atoms with Gasteiger partial charge in [0.1, 0.15) is 6.07 Å². The average molecular weight is 290 g/mol. The van der Waals surface area contributed by atoms with Crippen molar-refractivity contribution in [1.82, 2.24) is 5.32 Å². The second-order valence-corrected chi connectivity index (χ2v) is 4.72. The predicted octanol–water partition coefficient (Wildman–Crippen LogP) is 1.92. The van der Waals surface area contributed by atoms with Gasteiger partial charge in [0.05, 0.1) is 12.0 Å². The third kappa shape index (κ3) is 3.10. The van der Waals surface area contributed by atoms with Gasteiger partial charge in [0.2, 0.25) is 0 Å². The van der Waals surface area contributed by atoms with Crippen LogP contribution in [0.5, 0.6) is 11.5 Å². The number of methoxy groups -OCH3 is 1. The van der Waals surface area contributed by atoms with Gasteiger partial charge in [-0.25, -0.2) is 0 Å². The van der Waals surface area contributed by atoms with E-state index in [1.54, 1.807) is 24.3 Å². The third-order valence-electron chi connectivity index (χ3n) is 2.42. The molecule has 2 amide bonds. The van der Waals surface area contributed by atoms with E-state index in [2.05, 4.69) is 5.32 Å². The van der Waals surface area contributed by atoms with Crippen LogP contribution in [0.25, 0.3) is 6.08 Å². The van der Waals surface area contributed by atoms with Crippen molar-refractivity contribution < 1.29 is 19.1 Å². The molecule has 0 spiro atoms. The number of rotatable bonds is 4. The van der Waals surface area contributed by atoms with Gasteiger partial charge in [-0.15, -0.1) is 0 Å². The van der Waals surface area contributed by atoms with Gasteiger partial charge in [-0.1, -0.05) is 6.07 Å². The molecule has 1 fully saturated rings. The molecule has 1 N–H and O–H groups in total. The molecule has 0 saturated carbocycles. The van der Waals surface area contributed by atoms with Gasteiger partial charge in [-0.2, -0.15) is 5.26 Å². The maximum Gasteiger partial charge on any atom is 0.290 e. The van der Waals surface area contributed by atoms with Crippen LogP contribution in [-0.4, -0.2) is 24.9 Å². The Balaban J connectivity index is 2.26. The van der Waals surface area contributed by atoms with Crippen molar-refractivity contribution in [1.29, 1.82) is 5.26 Å². The van der Waals surface area contributed by atoms with Crippen LogP contribution in [-0.2, 0) is 4.79 Å². The number of imide groups is 1. The molecule has 1 aromatic rings. The molecular formula is C13H10N2O4S.